The summed E-state index contributed by atoms with van der Waals surface area (Å²) in [5.74, 6) is 0. The van der Waals surface area contributed by atoms with Crippen molar-refractivity contribution in [3.05, 3.63) is 23.8 Å². The molecule has 0 bridgehead atoms. The van der Waals surface area contributed by atoms with Gasteiger partial charge in [0.25, 0.3) is 10.1 Å². The van der Waals surface area contributed by atoms with Crippen LogP contribution in [0, 0.1) is 0 Å². The number of aryl methyl sites for hydroxylation is 1. The van der Waals surface area contributed by atoms with Gasteiger partial charge in [0.1, 0.15) is 0 Å². The minimum Gasteiger partial charge on any atom is -0.301 e. The summed E-state index contributed by atoms with van der Waals surface area (Å²) in [4.78, 5) is -0.136. The lowest BCUT2D eigenvalue weighted by Gasteiger charge is -2.06. The Morgan fingerprint density at radius 1 is 1.40 bits per heavy atom. The third-order valence-corrected chi connectivity index (χ3v) is 3.08. The maximum absolute atomic E-state index is 11.0. The zero-order valence-electron chi connectivity index (χ0n) is 8.53. The highest BCUT2D eigenvalue weighted by Crippen LogP contribution is 2.21. The Balaban J connectivity index is 3.15. The molecule has 0 heterocycles. The quantitative estimate of drug-likeness (QED) is 0.802. The molecule has 1 rings (SSSR count). The van der Waals surface area contributed by atoms with E-state index in [4.69, 9.17) is 10.3 Å². The number of hydrogen-bond acceptors (Lipinski definition) is 2. The molecule has 0 spiro atoms. The van der Waals surface area contributed by atoms with Gasteiger partial charge in [0.15, 0.2) is 0 Å². The molecule has 0 saturated carbocycles. The van der Waals surface area contributed by atoms with Gasteiger partial charge in [-0.3, -0.25) is 4.55 Å². The van der Waals surface area contributed by atoms with E-state index in [2.05, 4.69) is 0 Å². The molecule has 1 radical (unpaired) electrons. The fraction of sp³-hybridized carbons (Fsp3) is 0.400. The van der Waals surface area contributed by atoms with Crippen LogP contribution < -0.4 is 5.73 Å². The van der Waals surface area contributed by atoms with Gasteiger partial charge >= 0.3 is 0 Å². The van der Waals surface area contributed by atoms with Crippen LogP contribution in [0.3, 0.4) is 0 Å². The van der Waals surface area contributed by atoms with Crippen molar-refractivity contribution in [2.24, 2.45) is 0 Å². The minimum atomic E-state index is -4.21. The van der Waals surface area contributed by atoms with Gasteiger partial charge in [0.05, 0.1) is 10.6 Å². The molecule has 0 saturated heterocycles. The Morgan fingerprint density at radius 2 is 2.07 bits per heavy atom. The second kappa shape index (κ2) is 4.63. The van der Waals surface area contributed by atoms with Crippen molar-refractivity contribution in [2.45, 2.75) is 31.1 Å². The molecule has 0 fully saturated rings. The van der Waals surface area contributed by atoms with E-state index in [0.29, 0.717) is 12.0 Å². The number of rotatable bonds is 4. The van der Waals surface area contributed by atoms with E-state index in [9.17, 15) is 8.42 Å². The van der Waals surface area contributed by atoms with Crippen molar-refractivity contribution < 1.29 is 13.0 Å². The SMILES string of the molecule is CCCCc1ccc([NH])cc1S(=O)(=O)O. The van der Waals surface area contributed by atoms with Crippen molar-refractivity contribution in [1.29, 1.82) is 0 Å². The maximum Gasteiger partial charge on any atom is 0.294 e. The second-order valence-electron chi connectivity index (χ2n) is 3.40. The summed E-state index contributed by atoms with van der Waals surface area (Å²) in [6.07, 6.45) is 2.42. The Bertz CT molecular complexity index is 440. The highest BCUT2D eigenvalue weighted by molar-refractivity contribution is 7.85. The lowest BCUT2D eigenvalue weighted by atomic mass is 10.1. The van der Waals surface area contributed by atoms with Crippen molar-refractivity contribution >= 4 is 15.8 Å². The maximum atomic E-state index is 11.0. The van der Waals surface area contributed by atoms with Crippen molar-refractivity contribution in [3.63, 3.8) is 0 Å². The first kappa shape index (κ1) is 12.0. The molecule has 4 nitrogen and oxygen atoms in total. The largest absolute Gasteiger partial charge is 0.301 e. The van der Waals surface area contributed by atoms with Crippen LogP contribution in [-0.4, -0.2) is 13.0 Å². The standard InChI is InChI=1S/C10H14NO3S/c1-2-3-4-8-5-6-9(11)7-10(8)15(12,13)14/h5-7,11H,2-4H2,1H3,(H,12,13,14). The molecule has 0 aliphatic carbocycles. The summed E-state index contributed by atoms with van der Waals surface area (Å²) in [6, 6.07) is 4.29. The summed E-state index contributed by atoms with van der Waals surface area (Å²) in [5.41, 5.74) is 7.98. The molecule has 1 aromatic carbocycles. The lowest BCUT2D eigenvalue weighted by molar-refractivity contribution is 0.482. The fourth-order valence-corrected chi connectivity index (χ4v) is 2.15. The Morgan fingerprint density at radius 3 is 2.60 bits per heavy atom. The predicted octanol–water partition coefficient (Wildman–Crippen LogP) is 2.19. The van der Waals surface area contributed by atoms with E-state index in [1.165, 1.54) is 12.1 Å². The van der Waals surface area contributed by atoms with Gasteiger partial charge in [-0.25, -0.2) is 0 Å². The van der Waals surface area contributed by atoms with Crippen molar-refractivity contribution in [1.82, 2.24) is 5.73 Å². The van der Waals surface area contributed by atoms with E-state index >= 15 is 0 Å². The van der Waals surface area contributed by atoms with Gasteiger partial charge in [-0.2, -0.15) is 8.42 Å². The molecular formula is C10H14NO3S. The molecule has 0 aliphatic heterocycles. The normalized spacial score (nSPS) is 11.6. The Kier molecular flexibility index (Phi) is 3.71. The average Bonchev–Trinajstić information content (AvgIpc) is 2.14. The van der Waals surface area contributed by atoms with Crippen LogP contribution >= 0.6 is 0 Å². The zero-order valence-corrected chi connectivity index (χ0v) is 9.34. The smallest absolute Gasteiger partial charge is 0.294 e. The number of nitrogens with one attached hydrogen (secondary N) is 1. The second-order valence-corrected chi connectivity index (χ2v) is 4.79. The summed E-state index contributed by atoms with van der Waals surface area (Å²) in [5, 5.41) is 0. The predicted molar refractivity (Wildman–Crippen MR) is 57.6 cm³/mol. The first-order chi connectivity index (χ1) is 6.95. The van der Waals surface area contributed by atoms with Gasteiger partial charge < -0.3 is 5.73 Å². The topological polar surface area (TPSA) is 78.2 Å². The Hall–Kier alpha value is -1.07. The zero-order chi connectivity index (χ0) is 11.5. The molecule has 0 aliphatic rings. The lowest BCUT2D eigenvalue weighted by Crippen LogP contribution is -2.03. The first-order valence-electron chi connectivity index (χ1n) is 4.77. The molecule has 1 aromatic rings. The molecule has 83 valence electrons. The van der Waals surface area contributed by atoms with Crippen molar-refractivity contribution in [2.75, 3.05) is 0 Å². The number of unbranched alkanes of at least 4 members (excludes halogenated alkanes) is 1. The van der Waals surface area contributed by atoms with Crippen LogP contribution in [-0.2, 0) is 16.5 Å². The molecule has 15 heavy (non-hydrogen) atoms. The van der Waals surface area contributed by atoms with Crippen LogP contribution in [0.15, 0.2) is 23.1 Å². The third-order valence-electron chi connectivity index (χ3n) is 2.14. The van der Waals surface area contributed by atoms with Crippen LogP contribution in [0.5, 0.6) is 0 Å². The van der Waals surface area contributed by atoms with Gasteiger partial charge in [-0.1, -0.05) is 19.4 Å². The molecule has 0 amide bonds. The number of hydrogen-bond donors (Lipinski definition) is 1. The molecule has 0 atom stereocenters. The average molecular weight is 228 g/mol. The van der Waals surface area contributed by atoms with E-state index < -0.39 is 10.1 Å². The Labute approximate surface area is 89.9 Å². The molecule has 5 heteroatoms. The highest BCUT2D eigenvalue weighted by atomic mass is 32.2. The molecule has 0 aromatic heterocycles. The van der Waals surface area contributed by atoms with E-state index in [1.807, 2.05) is 6.92 Å². The van der Waals surface area contributed by atoms with Gasteiger partial charge in [0.2, 0.25) is 0 Å². The van der Waals surface area contributed by atoms with Crippen LogP contribution in [0.25, 0.3) is 0 Å². The minimum absolute atomic E-state index is 0.0860. The van der Waals surface area contributed by atoms with Gasteiger partial charge in [-0.15, -0.1) is 0 Å². The summed E-state index contributed by atoms with van der Waals surface area (Å²) in [7, 11) is -4.21. The first-order valence-corrected chi connectivity index (χ1v) is 6.21. The van der Waals surface area contributed by atoms with E-state index in [-0.39, 0.29) is 10.6 Å². The van der Waals surface area contributed by atoms with E-state index in [1.54, 1.807) is 6.07 Å². The highest BCUT2D eigenvalue weighted by Gasteiger charge is 2.15. The fourth-order valence-electron chi connectivity index (χ4n) is 1.37. The van der Waals surface area contributed by atoms with Crippen LogP contribution in [0.2, 0.25) is 0 Å². The third kappa shape index (κ3) is 3.21. The van der Waals surface area contributed by atoms with Crippen LogP contribution in [0.1, 0.15) is 25.3 Å². The van der Waals surface area contributed by atoms with Gasteiger partial charge in [0, 0.05) is 0 Å². The van der Waals surface area contributed by atoms with E-state index in [0.717, 1.165) is 12.8 Å². The summed E-state index contributed by atoms with van der Waals surface area (Å²) < 4.78 is 31.1. The monoisotopic (exact) mass is 228 g/mol. The summed E-state index contributed by atoms with van der Waals surface area (Å²) >= 11 is 0. The van der Waals surface area contributed by atoms with Crippen LogP contribution in [0.4, 0.5) is 5.69 Å². The molecule has 2 N–H and O–H groups in total. The summed E-state index contributed by atoms with van der Waals surface area (Å²) in [6.45, 7) is 2.01. The van der Waals surface area contributed by atoms with Crippen molar-refractivity contribution in [3.8, 4) is 0 Å². The molecular weight excluding hydrogens is 214 g/mol. The molecule has 0 unspecified atom stereocenters. The number of benzene rings is 1. The van der Waals surface area contributed by atoms with Gasteiger partial charge in [-0.05, 0) is 30.5 Å².